The van der Waals surface area contributed by atoms with Crippen molar-refractivity contribution in [1.29, 1.82) is 0 Å². The van der Waals surface area contributed by atoms with Crippen LogP contribution in [0.15, 0.2) is 24.3 Å². The zero-order valence-corrected chi connectivity index (χ0v) is 14.2. The van der Waals surface area contributed by atoms with E-state index in [2.05, 4.69) is 5.32 Å². The monoisotopic (exact) mass is 353 g/mol. The Hall–Kier alpha value is -2.45. The van der Waals surface area contributed by atoms with E-state index in [1.165, 1.54) is 6.92 Å². The number of hydrogen-bond donors (Lipinski definition) is 4. The average molecular weight is 353 g/mol. The maximum atomic E-state index is 11.9. The number of nitrogens with one attached hydrogen (secondary N) is 1. The van der Waals surface area contributed by atoms with Gasteiger partial charge in [0.1, 0.15) is 6.61 Å². The third-order valence-corrected chi connectivity index (χ3v) is 3.76. The molecule has 8 nitrogen and oxygen atoms in total. The Morgan fingerprint density at radius 3 is 2.28 bits per heavy atom. The van der Waals surface area contributed by atoms with Crippen LogP contribution in [0, 0.1) is 0 Å². The first-order chi connectivity index (χ1) is 11.7. The molecule has 2 atom stereocenters. The molecule has 0 fully saturated rings. The largest absolute Gasteiger partial charge is 0.481 e. The van der Waals surface area contributed by atoms with Gasteiger partial charge in [-0.1, -0.05) is 19.1 Å². The van der Waals surface area contributed by atoms with Crippen molar-refractivity contribution in [3.8, 4) is 0 Å². The Morgan fingerprint density at radius 2 is 1.80 bits per heavy atom. The van der Waals surface area contributed by atoms with Crippen molar-refractivity contribution in [3.63, 3.8) is 0 Å². The molecule has 0 radical (unpaired) electrons. The summed E-state index contributed by atoms with van der Waals surface area (Å²) in [6, 6.07) is 6.41. The number of rotatable bonds is 9. The predicted molar refractivity (Wildman–Crippen MR) is 88.7 cm³/mol. The van der Waals surface area contributed by atoms with Crippen molar-refractivity contribution in [3.05, 3.63) is 29.8 Å². The topological polar surface area (TPSA) is 133 Å². The van der Waals surface area contributed by atoms with Crippen molar-refractivity contribution in [1.82, 2.24) is 0 Å². The fourth-order valence-corrected chi connectivity index (χ4v) is 2.01. The second kappa shape index (κ2) is 9.14. The van der Waals surface area contributed by atoms with Gasteiger partial charge < -0.3 is 25.4 Å². The van der Waals surface area contributed by atoms with Crippen molar-refractivity contribution >= 4 is 23.5 Å². The van der Waals surface area contributed by atoms with Gasteiger partial charge in [-0.2, -0.15) is 0 Å². The van der Waals surface area contributed by atoms with E-state index in [9.17, 15) is 24.6 Å². The molecule has 0 spiro atoms. The number of carbonyl (C=O) groups is 3. The van der Waals surface area contributed by atoms with Crippen molar-refractivity contribution < 1.29 is 34.4 Å². The summed E-state index contributed by atoms with van der Waals surface area (Å²) < 4.78 is 5.03. The van der Waals surface area contributed by atoms with E-state index in [-0.39, 0.29) is 25.9 Å². The molecule has 0 heterocycles. The average Bonchev–Trinajstić information content (AvgIpc) is 2.58. The minimum Gasteiger partial charge on any atom is -0.481 e. The fourth-order valence-electron chi connectivity index (χ4n) is 2.01. The normalized spacial score (nSPS) is 14.2. The highest BCUT2D eigenvalue weighted by Gasteiger charge is 2.40. The van der Waals surface area contributed by atoms with Gasteiger partial charge in [0, 0.05) is 12.1 Å². The molecule has 0 aromatic heterocycles. The molecule has 8 heteroatoms. The lowest BCUT2D eigenvalue weighted by Gasteiger charge is -2.27. The zero-order chi connectivity index (χ0) is 19.0. The molecule has 138 valence electrons. The van der Waals surface area contributed by atoms with Gasteiger partial charge in [0.15, 0.2) is 5.60 Å². The number of aliphatic hydroxyl groups is 2. The van der Waals surface area contributed by atoms with E-state index in [1.807, 2.05) is 0 Å². The van der Waals surface area contributed by atoms with Crippen LogP contribution >= 0.6 is 0 Å². The first-order valence-corrected chi connectivity index (χ1v) is 7.87. The molecule has 0 saturated carbocycles. The van der Waals surface area contributed by atoms with Crippen LogP contribution in [0.2, 0.25) is 0 Å². The Balaban J connectivity index is 2.56. The van der Waals surface area contributed by atoms with E-state index in [0.29, 0.717) is 11.3 Å². The lowest BCUT2D eigenvalue weighted by Crippen LogP contribution is -2.48. The highest BCUT2D eigenvalue weighted by atomic mass is 16.6. The van der Waals surface area contributed by atoms with Crippen LogP contribution in [-0.4, -0.2) is 44.9 Å². The van der Waals surface area contributed by atoms with E-state index >= 15 is 0 Å². The van der Waals surface area contributed by atoms with E-state index in [1.54, 1.807) is 31.2 Å². The van der Waals surface area contributed by atoms with Crippen molar-refractivity contribution in [2.75, 3.05) is 5.32 Å². The number of carbonyl (C=O) groups excluding carboxylic acids is 2. The second-order valence-corrected chi connectivity index (χ2v) is 5.67. The number of aliphatic carboxylic acids is 1. The summed E-state index contributed by atoms with van der Waals surface area (Å²) in [5.41, 5.74) is -0.835. The van der Waals surface area contributed by atoms with Crippen LogP contribution in [0.5, 0.6) is 0 Å². The second-order valence-electron chi connectivity index (χ2n) is 5.67. The fraction of sp³-hybridized carbons (Fsp3) is 0.471. The number of ether oxygens (including phenoxy) is 1. The lowest BCUT2D eigenvalue weighted by molar-refractivity contribution is -0.179. The molecular weight excluding hydrogens is 330 g/mol. The van der Waals surface area contributed by atoms with Gasteiger partial charge in [-0.05, 0) is 31.0 Å². The van der Waals surface area contributed by atoms with Gasteiger partial charge in [-0.15, -0.1) is 0 Å². The van der Waals surface area contributed by atoms with Crippen LogP contribution < -0.4 is 5.32 Å². The highest BCUT2D eigenvalue weighted by molar-refractivity contribution is 5.92. The maximum Gasteiger partial charge on any atom is 0.341 e. The number of benzene rings is 1. The Labute approximate surface area is 145 Å². The molecule has 1 rings (SSSR count). The summed E-state index contributed by atoms with van der Waals surface area (Å²) in [5, 5.41) is 30.7. The molecule has 1 aromatic rings. The van der Waals surface area contributed by atoms with E-state index in [0.717, 1.165) is 0 Å². The van der Waals surface area contributed by atoms with Gasteiger partial charge in [-0.3, -0.25) is 9.59 Å². The molecule has 4 N–H and O–H groups in total. The number of amides is 1. The standard InChI is InChI=1S/C17H23NO7/c1-3-17(24,11(2)19)16(23)25-10-12-4-6-13(7-5-12)18-14(20)8-9-15(21)22/h4-7,11,19,24H,3,8-10H2,1-2H3,(H,18,20)(H,21,22)/t11-,17+/m0/s1. The molecule has 25 heavy (non-hydrogen) atoms. The van der Waals surface area contributed by atoms with Gasteiger partial charge >= 0.3 is 11.9 Å². The van der Waals surface area contributed by atoms with Gasteiger partial charge in [-0.25, -0.2) is 4.79 Å². The number of anilines is 1. The number of carboxylic acid groups (broad SMARTS) is 1. The number of esters is 1. The molecular formula is C17H23NO7. The summed E-state index contributed by atoms with van der Waals surface area (Å²) in [6.07, 6.45) is -1.61. The minimum atomic E-state index is -1.95. The maximum absolute atomic E-state index is 11.9. The van der Waals surface area contributed by atoms with E-state index in [4.69, 9.17) is 9.84 Å². The van der Waals surface area contributed by atoms with Crippen molar-refractivity contribution in [2.45, 2.75) is 51.4 Å². The van der Waals surface area contributed by atoms with Gasteiger partial charge in [0.25, 0.3) is 0 Å². The molecule has 0 aliphatic heterocycles. The lowest BCUT2D eigenvalue weighted by atomic mass is 9.95. The first kappa shape index (κ1) is 20.6. The smallest absolute Gasteiger partial charge is 0.341 e. The predicted octanol–water partition coefficient (Wildman–Crippen LogP) is 1.05. The summed E-state index contributed by atoms with van der Waals surface area (Å²) >= 11 is 0. The molecule has 1 amide bonds. The molecule has 0 aliphatic rings. The summed E-state index contributed by atoms with van der Waals surface area (Å²) in [6.45, 7) is 2.78. The molecule has 0 bridgehead atoms. The van der Waals surface area contributed by atoms with Crippen LogP contribution in [0.25, 0.3) is 0 Å². The SMILES string of the molecule is CC[C@](O)(C(=O)OCc1ccc(NC(=O)CCC(=O)O)cc1)[C@H](C)O. The zero-order valence-electron chi connectivity index (χ0n) is 14.2. The molecule has 1 aromatic carbocycles. The Kier molecular flexibility index (Phi) is 7.53. The van der Waals surface area contributed by atoms with Gasteiger partial charge in [0.2, 0.25) is 5.91 Å². The van der Waals surface area contributed by atoms with E-state index < -0.39 is 29.6 Å². The molecule has 0 saturated heterocycles. The molecule has 0 aliphatic carbocycles. The summed E-state index contributed by atoms with van der Waals surface area (Å²) in [7, 11) is 0. The number of hydrogen-bond acceptors (Lipinski definition) is 6. The van der Waals surface area contributed by atoms with Crippen LogP contribution in [0.3, 0.4) is 0 Å². The van der Waals surface area contributed by atoms with Crippen LogP contribution in [-0.2, 0) is 25.7 Å². The minimum absolute atomic E-state index is 0.0187. The van der Waals surface area contributed by atoms with Gasteiger partial charge in [0.05, 0.1) is 12.5 Å². The Bertz CT molecular complexity index is 612. The quantitative estimate of drug-likeness (QED) is 0.488. The third kappa shape index (κ3) is 6.17. The van der Waals surface area contributed by atoms with Crippen LogP contribution in [0.1, 0.15) is 38.7 Å². The summed E-state index contributed by atoms with van der Waals surface area (Å²) in [4.78, 5) is 33.8. The highest BCUT2D eigenvalue weighted by Crippen LogP contribution is 2.19. The Morgan fingerprint density at radius 1 is 1.20 bits per heavy atom. The number of carboxylic acids is 1. The van der Waals surface area contributed by atoms with Crippen LogP contribution in [0.4, 0.5) is 5.69 Å². The summed E-state index contributed by atoms with van der Waals surface area (Å²) in [5.74, 6) is -2.36. The molecule has 0 unspecified atom stereocenters. The third-order valence-electron chi connectivity index (χ3n) is 3.76. The van der Waals surface area contributed by atoms with Crippen molar-refractivity contribution in [2.24, 2.45) is 0 Å². The first-order valence-electron chi connectivity index (χ1n) is 7.87. The number of aliphatic hydroxyl groups excluding tert-OH is 1.